The van der Waals surface area contributed by atoms with Crippen molar-refractivity contribution >= 4 is 11.9 Å². The summed E-state index contributed by atoms with van der Waals surface area (Å²) in [5.41, 5.74) is 3.20. The second kappa shape index (κ2) is 9.69. The van der Waals surface area contributed by atoms with Crippen LogP contribution in [0.25, 0.3) is 0 Å². The zero-order valence-electron chi connectivity index (χ0n) is 17.5. The lowest BCUT2D eigenvalue weighted by atomic mass is 10.2. The summed E-state index contributed by atoms with van der Waals surface area (Å²) in [7, 11) is 0. The molecule has 2 heterocycles. The van der Waals surface area contributed by atoms with E-state index in [9.17, 15) is 9.59 Å². The lowest BCUT2D eigenvalue weighted by Gasteiger charge is -2.35. The lowest BCUT2D eigenvalue weighted by Crippen LogP contribution is -2.51. The van der Waals surface area contributed by atoms with Crippen LogP contribution in [0.5, 0.6) is 0 Å². The van der Waals surface area contributed by atoms with Gasteiger partial charge in [-0.3, -0.25) is 19.2 Å². The molecule has 0 spiro atoms. The number of hydrogen-bond donors (Lipinski definition) is 0. The van der Waals surface area contributed by atoms with Crippen LogP contribution < -0.4 is 0 Å². The van der Waals surface area contributed by atoms with Crippen molar-refractivity contribution in [1.29, 1.82) is 0 Å². The van der Waals surface area contributed by atoms with E-state index in [-0.39, 0.29) is 18.3 Å². The molecule has 1 amide bonds. The number of rotatable bonds is 7. The zero-order chi connectivity index (χ0) is 20.8. The fourth-order valence-electron chi connectivity index (χ4n) is 3.63. The molecule has 7 heteroatoms. The highest BCUT2D eigenvalue weighted by molar-refractivity contribution is 5.83. The van der Waals surface area contributed by atoms with E-state index in [1.165, 1.54) is 5.56 Å². The Labute approximate surface area is 172 Å². The van der Waals surface area contributed by atoms with Crippen molar-refractivity contribution in [3.63, 3.8) is 0 Å². The molecule has 1 aliphatic rings. The monoisotopic (exact) mass is 398 g/mol. The van der Waals surface area contributed by atoms with E-state index in [2.05, 4.69) is 22.1 Å². The molecule has 7 nitrogen and oxygen atoms in total. The van der Waals surface area contributed by atoms with Crippen LogP contribution in [0.3, 0.4) is 0 Å². The summed E-state index contributed by atoms with van der Waals surface area (Å²) in [6.45, 7) is 9.81. The Morgan fingerprint density at radius 1 is 1.10 bits per heavy atom. The summed E-state index contributed by atoms with van der Waals surface area (Å²) < 4.78 is 7.16. The molecule has 1 aromatic carbocycles. The van der Waals surface area contributed by atoms with Crippen LogP contribution in [0.2, 0.25) is 0 Å². The molecule has 1 aliphatic heterocycles. The van der Waals surface area contributed by atoms with Crippen LogP contribution in [-0.2, 0) is 27.4 Å². The number of carbonyl (C=O) groups is 2. The van der Waals surface area contributed by atoms with Gasteiger partial charge in [-0.1, -0.05) is 30.3 Å². The van der Waals surface area contributed by atoms with Gasteiger partial charge in [-0.05, 0) is 32.4 Å². The molecule has 2 aromatic rings. The largest absolute Gasteiger partial charge is 0.452 e. The van der Waals surface area contributed by atoms with Crippen LogP contribution in [0.1, 0.15) is 30.3 Å². The van der Waals surface area contributed by atoms with E-state index in [1.807, 2.05) is 38.1 Å². The van der Waals surface area contributed by atoms with Crippen LogP contribution in [0.15, 0.2) is 36.4 Å². The van der Waals surface area contributed by atoms with E-state index >= 15 is 0 Å². The third-order valence-electron chi connectivity index (χ3n) is 5.22. The van der Waals surface area contributed by atoms with Crippen molar-refractivity contribution in [1.82, 2.24) is 19.6 Å². The molecule has 3 rings (SSSR count). The third kappa shape index (κ3) is 5.90. The van der Waals surface area contributed by atoms with E-state index in [1.54, 1.807) is 16.5 Å². The molecule has 1 atom stereocenters. The van der Waals surface area contributed by atoms with Gasteiger partial charge >= 0.3 is 5.97 Å². The van der Waals surface area contributed by atoms with Crippen molar-refractivity contribution in [2.45, 2.75) is 46.4 Å². The van der Waals surface area contributed by atoms with Gasteiger partial charge in [0.1, 0.15) is 0 Å². The van der Waals surface area contributed by atoms with Gasteiger partial charge in [0.25, 0.3) is 5.91 Å². The molecule has 1 fully saturated rings. The summed E-state index contributed by atoms with van der Waals surface area (Å²) in [5.74, 6) is -0.495. The first-order valence-corrected chi connectivity index (χ1v) is 10.2. The van der Waals surface area contributed by atoms with Gasteiger partial charge in [0, 0.05) is 38.4 Å². The maximum Gasteiger partial charge on any atom is 0.308 e. The topological polar surface area (TPSA) is 67.7 Å². The van der Waals surface area contributed by atoms with Gasteiger partial charge in [0.05, 0.1) is 18.7 Å². The molecule has 156 valence electrons. The predicted octanol–water partition coefficient (Wildman–Crippen LogP) is 2.17. The summed E-state index contributed by atoms with van der Waals surface area (Å²) in [6, 6.07) is 12.3. The summed E-state index contributed by atoms with van der Waals surface area (Å²) >= 11 is 0. The summed E-state index contributed by atoms with van der Waals surface area (Å²) in [6.07, 6.45) is -0.562. The molecule has 29 heavy (non-hydrogen) atoms. The summed E-state index contributed by atoms with van der Waals surface area (Å²) in [5, 5.41) is 4.34. The first-order valence-electron chi connectivity index (χ1n) is 10.2. The Kier molecular flexibility index (Phi) is 7.04. The number of hydrogen-bond acceptors (Lipinski definition) is 5. The number of benzene rings is 1. The third-order valence-corrected chi connectivity index (χ3v) is 5.22. The number of aryl methyl sites for hydroxylation is 3. The number of amides is 1. The molecule has 0 saturated carbocycles. The minimum atomic E-state index is -0.761. The number of carbonyl (C=O) groups excluding carboxylic acids is 2. The Morgan fingerprint density at radius 3 is 2.41 bits per heavy atom. The van der Waals surface area contributed by atoms with E-state index in [0.29, 0.717) is 19.6 Å². The minimum absolute atomic E-state index is 0.121. The van der Waals surface area contributed by atoms with Crippen molar-refractivity contribution in [3.05, 3.63) is 53.3 Å². The molecule has 1 unspecified atom stereocenters. The number of esters is 1. The average molecular weight is 399 g/mol. The second-order valence-corrected chi connectivity index (χ2v) is 7.62. The van der Waals surface area contributed by atoms with Crippen molar-refractivity contribution < 1.29 is 14.3 Å². The highest BCUT2D eigenvalue weighted by Gasteiger charge is 2.27. The van der Waals surface area contributed by atoms with Crippen molar-refractivity contribution in [2.24, 2.45) is 0 Å². The van der Waals surface area contributed by atoms with Gasteiger partial charge in [-0.25, -0.2) is 0 Å². The molecular formula is C22H30N4O3. The van der Waals surface area contributed by atoms with Gasteiger partial charge in [0.15, 0.2) is 6.10 Å². The molecular weight excluding hydrogens is 368 g/mol. The van der Waals surface area contributed by atoms with Crippen LogP contribution in [0.4, 0.5) is 0 Å². The second-order valence-electron chi connectivity index (χ2n) is 7.62. The van der Waals surface area contributed by atoms with Crippen molar-refractivity contribution in [3.8, 4) is 0 Å². The maximum atomic E-state index is 12.6. The zero-order valence-corrected chi connectivity index (χ0v) is 17.5. The number of ether oxygens (including phenoxy) is 1. The van der Waals surface area contributed by atoms with E-state index in [4.69, 9.17) is 4.74 Å². The molecule has 0 N–H and O–H groups in total. The fourth-order valence-corrected chi connectivity index (χ4v) is 3.63. The van der Waals surface area contributed by atoms with E-state index in [0.717, 1.165) is 31.0 Å². The number of piperazine rings is 1. The van der Waals surface area contributed by atoms with Gasteiger partial charge in [-0.2, -0.15) is 5.10 Å². The highest BCUT2D eigenvalue weighted by atomic mass is 16.5. The Bertz CT molecular complexity index is 826. The first-order chi connectivity index (χ1) is 13.9. The van der Waals surface area contributed by atoms with E-state index < -0.39 is 6.10 Å². The minimum Gasteiger partial charge on any atom is -0.452 e. The average Bonchev–Trinajstić information content (AvgIpc) is 3.04. The highest BCUT2D eigenvalue weighted by Crippen LogP contribution is 2.11. The quantitative estimate of drug-likeness (QED) is 0.669. The molecule has 0 bridgehead atoms. The standard InChI is InChI=1S/C22H30N4O3/c1-17-15-18(2)26(23-17)10-9-21(27)29-19(3)22(28)25-13-11-24(12-14-25)16-20-7-5-4-6-8-20/h4-8,15,19H,9-14,16H2,1-3H3. The Morgan fingerprint density at radius 2 is 1.79 bits per heavy atom. The smallest absolute Gasteiger partial charge is 0.308 e. The Hall–Kier alpha value is -2.67. The normalized spacial score (nSPS) is 15.9. The van der Waals surface area contributed by atoms with Crippen LogP contribution >= 0.6 is 0 Å². The molecule has 1 saturated heterocycles. The van der Waals surface area contributed by atoms with Gasteiger partial charge < -0.3 is 9.64 Å². The maximum absolute atomic E-state index is 12.6. The SMILES string of the molecule is Cc1cc(C)n(CCC(=O)OC(C)C(=O)N2CCN(Cc3ccccc3)CC2)n1. The number of nitrogens with zero attached hydrogens (tertiary/aromatic N) is 4. The van der Waals surface area contributed by atoms with Gasteiger partial charge in [0.2, 0.25) is 0 Å². The fraction of sp³-hybridized carbons (Fsp3) is 0.500. The summed E-state index contributed by atoms with van der Waals surface area (Å²) in [4.78, 5) is 28.9. The van der Waals surface area contributed by atoms with Gasteiger partial charge in [-0.15, -0.1) is 0 Å². The van der Waals surface area contributed by atoms with Crippen LogP contribution in [-0.4, -0.2) is 63.7 Å². The predicted molar refractivity (Wildman–Crippen MR) is 110 cm³/mol. The Balaban J connectivity index is 1.40. The number of aromatic nitrogens is 2. The first kappa shape index (κ1) is 21.0. The molecule has 1 aromatic heterocycles. The lowest BCUT2D eigenvalue weighted by molar-refractivity contribution is -0.160. The van der Waals surface area contributed by atoms with Crippen LogP contribution in [0, 0.1) is 13.8 Å². The van der Waals surface area contributed by atoms with Crippen molar-refractivity contribution in [2.75, 3.05) is 26.2 Å². The molecule has 0 radical (unpaired) electrons. The molecule has 0 aliphatic carbocycles.